The van der Waals surface area contributed by atoms with Crippen molar-refractivity contribution in [3.63, 3.8) is 0 Å². The van der Waals surface area contributed by atoms with E-state index in [4.69, 9.17) is 9.47 Å². The molecule has 9 heteroatoms. The summed E-state index contributed by atoms with van der Waals surface area (Å²) in [5, 5.41) is 0. The second-order valence-electron chi connectivity index (χ2n) is 6.07. The lowest BCUT2D eigenvalue weighted by atomic mass is 9.82. The first-order valence-electron chi connectivity index (χ1n) is 7.31. The van der Waals surface area contributed by atoms with Crippen molar-refractivity contribution in [2.75, 3.05) is 7.11 Å². The Hall–Kier alpha value is -1.51. The maximum absolute atomic E-state index is 14.2. The molecule has 0 aliphatic heterocycles. The highest BCUT2D eigenvalue weighted by molar-refractivity contribution is 5.38. The van der Waals surface area contributed by atoms with Crippen molar-refractivity contribution in [1.29, 1.82) is 0 Å². The van der Waals surface area contributed by atoms with Crippen LogP contribution in [0.25, 0.3) is 0 Å². The average Bonchev–Trinajstić information content (AvgIpc) is 2.44. The third kappa shape index (κ3) is 4.37. The highest BCUT2D eigenvalue weighted by Crippen LogP contribution is 2.53. The van der Waals surface area contributed by atoms with Crippen LogP contribution >= 0.6 is 0 Å². The summed E-state index contributed by atoms with van der Waals surface area (Å²) < 4.78 is 102. The van der Waals surface area contributed by atoms with Crippen LogP contribution in [0.1, 0.15) is 32.8 Å². The maximum Gasteiger partial charge on any atom is 0.431 e. The molecule has 25 heavy (non-hydrogen) atoms. The van der Waals surface area contributed by atoms with Crippen molar-refractivity contribution in [2.24, 2.45) is 0 Å². The van der Waals surface area contributed by atoms with Crippen molar-refractivity contribution in [3.05, 3.63) is 29.8 Å². The molecule has 1 unspecified atom stereocenters. The first-order chi connectivity index (χ1) is 11.2. The van der Waals surface area contributed by atoms with Crippen LogP contribution in [-0.4, -0.2) is 31.2 Å². The predicted molar refractivity (Wildman–Crippen MR) is 77.1 cm³/mol. The summed E-state index contributed by atoms with van der Waals surface area (Å²) in [7, 11) is 0.916. The third-order valence-electron chi connectivity index (χ3n) is 3.75. The van der Waals surface area contributed by atoms with Gasteiger partial charge in [-0.1, -0.05) is 18.2 Å². The quantitative estimate of drug-likeness (QED) is 0.606. The molecule has 0 bridgehead atoms. The van der Waals surface area contributed by atoms with E-state index in [1.165, 1.54) is 24.3 Å². The second-order valence-corrected chi connectivity index (χ2v) is 6.07. The van der Waals surface area contributed by atoms with Gasteiger partial charge in [0.25, 0.3) is 0 Å². The zero-order valence-electron chi connectivity index (χ0n) is 14.1. The van der Waals surface area contributed by atoms with Gasteiger partial charge < -0.3 is 9.47 Å². The van der Waals surface area contributed by atoms with E-state index < -0.39 is 36.1 Å². The van der Waals surface area contributed by atoms with Gasteiger partial charge in [-0.3, -0.25) is 0 Å². The van der Waals surface area contributed by atoms with Gasteiger partial charge in [-0.05, 0) is 26.8 Å². The fraction of sp³-hybridized carbons (Fsp3) is 0.625. The summed E-state index contributed by atoms with van der Waals surface area (Å²) in [4.78, 5) is 0. The van der Waals surface area contributed by atoms with E-state index >= 15 is 0 Å². The Morgan fingerprint density at radius 2 is 1.40 bits per heavy atom. The molecule has 1 aromatic carbocycles. The molecule has 0 radical (unpaired) electrons. The molecule has 0 aliphatic carbocycles. The van der Waals surface area contributed by atoms with Crippen LogP contribution in [0.2, 0.25) is 0 Å². The first kappa shape index (κ1) is 21.5. The number of benzene rings is 1. The molecule has 0 fully saturated rings. The van der Waals surface area contributed by atoms with Gasteiger partial charge in [-0.2, -0.15) is 26.3 Å². The lowest BCUT2D eigenvalue weighted by Crippen LogP contribution is -2.56. The van der Waals surface area contributed by atoms with E-state index in [1.54, 1.807) is 13.8 Å². The fourth-order valence-electron chi connectivity index (χ4n) is 2.36. The molecule has 0 aliphatic rings. The Labute approximate surface area is 140 Å². The van der Waals surface area contributed by atoms with Crippen LogP contribution in [0, 0.1) is 0 Å². The van der Waals surface area contributed by atoms with Crippen molar-refractivity contribution in [1.82, 2.24) is 0 Å². The largest absolute Gasteiger partial charge is 0.491 e. The number of hydrogen-bond acceptors (Lipinski definition) is 2. The Morgan fingerprint density at radius 3 is 1.80 bits per heavy atom. The van der Waals surface area contributed by atoms with Crippen LogP contribution in [0.15, 0.2) is 24.3 Å². The molecule has 144 valence electrons. The van der Waals surface area contributed by atoms with Gasteiger partial charge in [0.1, 0.15) is 5.75 Å². The smallest absolute Gasteiger partial charge is 0.431 e. The molecule has 1 atom stereocenters. The zero-order valence-corrected chi connectivity index (χ0v) is 14.1. The van der Waals surface area contributed by atoms with Gasteiger partial charge in [0.2, 0.25) is 0 Å². The summed E-state index contributed by atoms with van der Waals surface area (Å²) in [5.74, 6) is 0.0218. The summed E-state index contributed by atoms with van der Waals surface area (Å²) >= 11 is 0. The van der Waals surface area contributed by atoms with E-state index in [0.29, 0.717) is 0 Å². The van der Waals surface area contributed by atoms with Gasteiger partial charge in [0.05, 0.1) is 11.7 Å². The van der Waals surface area contributed by atoms with Crippen molar-refractivity contribution in [3.8, 4) is 5.75 Å². The Balaban J connectivity index is 3.45. The number of para-hydroxylation sites is 1. The molecule has 1 rings (SSSR count). The highest BCUT2D eigenvalue weighted by Gasteiger charge is 2.74. The van der Waals surface area contributed by atoms with Gasteiger partial charge in [-0.15, -0.1) is 0 Å². The number of rotatable bonds is 6. The van der Waals surface area contributed by atoms with Gasteiger partial charge in [0.15, 0.2) is 0 Å². The Kier molecular flexibility index (Phi) is 6.04. The average molecular weight is 376 g/mol. The molecule has 1 aromatic rings. The first-order valence-corrected chi connectivity index (χ1v) is 7.31. The van der Waals surface area contributed by atoms with Gasteiger partial charge in [0, 0.05) is 19.1 Å². The third-order valence-corrected chi connectivity index (χ3v) is 3.75. The Bertz CT molecular complexity index is 567. The number of hydrogen-bond donors (Lipinski definition) is 0. The lowest BCUT2D eigenvalue weighted by Gasteiger charge is -2.38. The molecular formula is C16H19F7O2. The summed E-state index contributed by atoms with van der Waals surface area (Å²) in [6, 6.07) is 5.50. The van der Waals surface area contributed by atoms with E-state index in [2.05, 4.69) is 0 Å². The van der Waals surface area contributed by atoms with Crippen LogP contribution in [0.3, 0.4) is 0 Å². The van der Waals surface area contributed by atoms with E-state index in [0.717, 1.165) is 14.0 Å². The summed E-state index contributed by atoms with van der Waals surface area (Å²) in [6.07, 6.45) is -14.7. The lowest BCUT2D eigenvalue weighted by molar-refractivity contribution is -0.353. The normalized spacial score (nSPS) is 16.0. The van der Waals surface area contributed by atoms with Crippen LogP contribution in [0.4, 0.5) is 30.7 Å². The number of ether oxygens (including phenoxy) is 2. The van der Waals surface area contributed by atoms with Crippen molar-refractivity contribution in [2.45, 2.75) is 56.9 Å². The zero-order chi connectivity index (χ0) is 19.7. The van der Waals surface area contributed by atoms with Crippen LogP contribution in [-0.2, 0) is 10.3 Å². The Morgan fingerprint density at radius 1 is 0.920 bits per heavy atom. The van der Waals surface area contributed by atoms with Gasteiger partial charge in [-0.25, -0.2) is 4.39 Å². The van der Waals surface area contributed by atoms with E-state index in [9.17, 15) is 30.7 Å². The summed E-state index contributed by atoms with van der Waals surface area (Å²) in [6.45, 7) is 4.22. The standard InChI is InChI=1S/C16H19F7O2/c1-10(2)25-12-8-6-5-7-11(12)13(3,24-4)9-14(17,15(18,19)20)16(21,22)23/h5-8,10H,9H2,1-4H3. The van der Waals surface area contributed by atoms with Crippen molar-refractivity contribution < 1.29 is 40.2 Å². The molecule has 0 aromatic heterocycles. The number of halogens is 7. The van der Waals surface area contributed by atoms with E-state index in [1.807, 2.05) is 0 Å². The minimum absolute atomic E-state index is 0.0218. The molecule has 0 spiro atoms. The van der Waals surface area contributed by atoms with Crippen molar-refractivity contribution >= 4 is 0 Å². The van der Waals surface area contributed by atoms with Crippen LogP contribution in [0.5, 0.6) is 5.75 Å². The number of methoxy groups -OCH3 is 1. The topological polar surface area (TPSA) is 18.5 Å². The second kappa shape index (κ2) is 7.01. The molecule has 0 heterocycles. The molecule has 0 amide bonds. The molecule has 0 saturated heterocycles. The molecule has 0 saturated carbocycles. The van der Waals surface area contributed by atoms with Gasteiger partial charge >= 0.3 is 18.0 Å². The number of alkyl halides is 7. The van der Waals surface area contributed by atoms with E-state index in [-0.39, 0.29) is 11.3 Å². The molecule has 2 nitrogen and oxygen atoms in total. The fourth-order valence-corrected chi connectivity index (χ4v) is 2.36. The minimum Gasteiger partial charge on any atom is -0.491 e. The maximum atomic E-state index is 14.2. The molecular weight excluding hydrogens is 357 g/mol. The summed E-state index contributed by atoms with van der Waals surface area (Å²) in [5.41, 5.74) is -7.78. The SMILES string of the molecule is COC(C)(CC(F)(C(F)(F)F)C(F)(F)F)c1ccccc1OC(C)C. The minimum atomic E-state index is -6.15. The highest BCUT2D eigenvalue weighted by atomic mass is 19.4. The monoisotopic (exact) mass is 376 g/mol. The van der Waals surface area contributed by atoms with Crippen LogP contribution < -0.4 is 4.74 Å². The predicted octanol–water partition coefficient (Wildman–Crippen LogP) is 5.56. The molecule has 0 N–H and O–H groups in total.